The highest BCUT2D eigenvalue weighted by Crippen LogP contribution is 2.44. The molecule has 2 saturated heterocycles. The van der Waals surface area contributed by atoms with Gasteiger partial charge in [-0.25, -0.2) is 0 Å². The molecular formula is C27H32N4O. The molecule has 0 spiro atoms. The van der Waals surface area contributed by atoms with Crippen LogP contribution in [0.5, 0.6) is 0 Å². The van der Waals surface area contributed by atoms with Gasteiger partial charge in [0.2, 0.25) is 0 Å². The molecule has 166 valence electrons. The quantitative estimate of drug-likeness (QED) is 0.582. The van der Waals surface area contributed by atoms with Crippen molar-refractivity contribution in [1.82, 2.24) is 9.88 Å². The number of carbonyl (C=O) groups excluding carboxylic acids is 1. The van der Waals surface area contributed by atoms with Crippen molar-refractivity contribution < 1.29 is 4.79 Å². The van der Waals surface area contributed by atoms with E-state index in [0.717, 1.165) is 52.4 Å². The molecule has 2 aliphatic heterocycles. The SMILES string of the molecule is CC1(C)c2ccc(N3CCC(N4CCCC4)CC3)cc2C(=O)c2c1[nH]c1cc(N)ccc21. The first-order chi connectivity index (χ1) is 15.4. The number of nitrogens with zero attached hydrogens (tertiary/aromatic N) is 2. The van der Waals surface area contributed by atoms with Gasteiger partial charge in [-0.05, 0) is 68.6 Å². The van der Waals surface area contributed by atoms with Crippen LogP contribution in [0.4, 0.5) is 11.4 Å². The van der Waals surface area contributed by atoms with Gasteiger partial charge < -0.3 is 20.5 Å². The molecule has 1 aliphatic carbocycles. The standard InChI is InChI=1S/C27H32N4O/c1-27(2)22-8-6-19(31-13-9-18(10-14-31)30-11-3-4-12-30)16-21(22)25(32)24-20-7-5-17(28)15-23(20)29-26(24)27/h5-8,15-16,18,29H,3-4,9-14,28H2,1-2H3. The lowest BCUT2D eigenvalue weighted by Gasteiger charge is -2.38. The van der Waals surface area contributed by atoms with Crippen molar-refractivity contribution in [1.29, 1.82) is 0 Å². The van der Waals surface area contributed by atoms with Crippen LogP contribution < -0.4 is 10.6 Å². The molecule has 0 atom stereocenters. The second kappa shape index (κ2) is 7.11. The topological polar surface area (TPSA) is 65.4 Å². The molecule has 2 fully saturated rings. The van der Waals surface area contributed by atoms with E-state index in [1.807, 2.05) is 18.2 Å². The molecule has 0 radical (unpaired) electrons. The van der Waals surface area contributed by atoms with E-state index in [1.165, 1.54) is 44.5 Å². The van der Waals surface area contributed by atoms with Crippen LogP contribution in [-0.2, 0) is 5.41 Å². The third kappa shape index (κ3) is 2.91. The first-order valence-corrected chi connectivity index (χ1v) is 12.0. The average molecular weight is 429 g/mol. The molecule has 2 aromatic carbocycles. The van der Waals surface area contributed by atoms with E-state index in [1.54, 1.807) is 0 Å². The number of rotatable bonds is 2. The fourth-order valence-corrected chi connectivity index (χ4v) is 6.25. The van der Waals surface area contributed by atoms with Gasteiger partial charge in [0, 0.05) is 58.1 Å². The Morgan fingerprint density at radius 2 is 1.75 bits per heavy atom. The normalized spacial score (nSPS) is 21.2. The van der Waals surface area contributed by atoms with E-state index in [4.69, 9.17) is 5.73 Å². The lowest BCUT2D eigenvalue weighted by atomic mass is 9.71. The van der Waals surface area contributed by atoms with Crippen LogP contribution in [0, 0.1) is 0 Å². The number of carbonyl (C=O) groups is 1. The number of likely N-dealkylation sites (tertiary alicyclic amines) is 1. The summed E-state index contributed by atoms with van der Waals surface area (Å²) in [7, 11) is 0. The largest absolute Gasteiger partial charge is 0.399 e. The van der Waals surface area contributed by atoms with Gasteiger partial charge in [0.15, 0.2) is 5.78 Å². The van der Waals surface area contributed by atoms with Crippen molar-refractivity contribution in [2.45, 2.75) is 51.0 Å². The third-order valence-corrected chi connectivity index (χ3v) is 8.08. The van der Waals surface area contributed by atoms with Crippen molar-refractivity contribution in [3.63, 3.8) is 0 Å². The predicted octanol–water partition coefficient (Wildman–Crippen LogP) is 4.69. The highest BCUT2D eigenvalue weighted by atomic mass is 16.1. The molecule has 5 heteroatoms. The number of aromatic nitrogens is 1. The number of anilines is 2. The molecule has 3 N–H and O–H groups in total. The van der Waals surface area contributed by atoms with Crippen LogP contribution in [-0.4, -0.2) is 47.9 Å². The highest BCUT2D eigenvalue weighted by molar-refractivity contribution is 6.20. The molecule has 1 aromatic heterocycles. The lowest BCUT2D eigenvalue weighted by Crippen LogP contribution is -2.44. The van der Waals surface area contributed by atoms with E-state index in [-0.39, 0.29) is 11.2 Å². The number of aromatic amines is 1. The van der Waals surface area contributed by atoms with E-state index in [2.05, 4.69) is 46.8 Å². The molecule has 0 amide bonds. The van der Waals surface area contributed by atoms with E-state index in [9.17, 15) is 4.79 Å². The van der Waals surface area contributed by atoms with Crippen molar-refractivity contribution >= 4 is 28.1 Å². The molecule has 6 rings (SSSR count). The zero-order valence-corrected chi connectivity index (χ0v) is 19.1. The summed E-state index contributed by atoms with van der Waals surface area (Å²) < 4.78 is 0. The Balaban J connectivity index is 1.34. The fourth-order valence-electron chi connectivity index (χ4n) is 6.25. The highest BCUT2D eigenvalue weighted by Gasteiger charge is 2.40. The summed E-state index contributed by atoms with van der Waals surface area (Å²) in [5.41, 5.74) is 12.3. The van der Waals surface area contributed by atoms with Gasteiger partial charge in [-0.3, -0.25) is 4.79 Å². The molecule has 5 nitrogen and oxygen atoms in total. The number of nitrogens with one attached hydrogen (secondary N) is 1. The first-order valence-electron chi connectivity index (χ1n) is 12.0. The Kier molecular flexibility index (Phi) is 4.41. The lowest BCUT2D eigenvalue weighted by molar-refractivity contribution is 0.103. The van der Waals surface area contributed by atoms with Crippen LogP contribution in [0.25, 0.3) is 10.9 Å². The van der Waals surface area contributed by atoms with Crippen LogP contribution in [0.15, 0.2) is 36.4 Å². The summed E-state index contributed by atoms with van der Waals surface area (Å²) >= 11 is 0. The Bertz CT molecular complexity index is 1210. The second-order valence-corrected chi connectivity index (χ2v) is 10.3. The molecule has 0 bridgehead atoms. The summed E-state index contributed by atoms with van der Waals surface area (Å²) in [5, 5.41) is 0.967. The average Bonchev–Trinajstić information content (AvgIpc) is 3.46. The molecule has 32 heavy (non-hydrogen) atoms. The number of H-pyrrole nitrogens is 1. The van der Waals surface area contributed by atoms with E-state index < -0.39 is 0 Å². The van der Waals surface area contributed by atoms with Gasteiger partial charge in [0.1, 0.15) is 0 Å². The Labute approximate surface area is 189 Å². The van der Waals surface area contributed by atoms with Gasteiger partial charge >= 0.3 is 0 Å². The molecule has 0 unspecified atom stereocenters. The maximum absolute atomic E-state index is 13.7. The maximum atomic E-state index is 13.7. The number of piperidine rings is 1. The number of benzene rings is 2. The smallest absolute Gasteiger partial charge is 0.195 e. The summed E-state index contributed by atoms with van der Waals surface area (Å²) in [4.78, 5) is 22.4. The van der Waals surface area contributed by atoms with Crippen molar-refractivity contribution in [3.05, 3.63) is 58.8 Å². The zero-order chi connectivity index (χ0) is 22.0. The van der Waals surface area contributed by atoms with Crippen molar-refractivity contribution in [2.75, 3.05) is 36.8 Å². The summed E-state index contributed by atoms with van der Waals surface area (Å²) in [6, 6.07) is 13.1. The van der Waals surface area contributed by atoms with E-state index >= 15 is 0 Å². The number of hydrogen-bond acceptors (Lipinski definition) is 4. The van der Waals surface area contributed by atoms with Gasteiger partial charge in [-0.2, -0.15) is 0 Å². The second-order valence-electron chi connectivity index (χ2n) is 10.3. The molecular weight excluding hydrogens is 396 g/mol. The number of fused-ring (bicyclic) bond motifs is 4. The maximum Gasteiger partial charge on any atom is 0.195 e. The van der Waals surface area contributed by atoms with Gasteiger partial charge in [0.05, 0.1) is 5.56 Å². The van der Waals surface area contributed by atoms with Crippen LogP contribution >= 0.6 is 0 Å². The van der Waals surface area contributed by atoms with Gasteiger partial charge in [-0.1, -0.05) is 26.0 Å². The summed E-state index contributed by atoms with van der Waals surface area (Å²) in [6.07, 6.45) is 5.13. The zero-order valence-electron chi connectivity index (χ0n) is 19.1. The number of nitrogens with two attached hydrogens (primary N) is 1. The first kappa shape index (κ1) is 19.9. The predicted molar refractivity (Wildman–Crippen MR) is 131 cm³/mol. The van der Waals surface area contributed by atoms with Gasteiger partial charge in [-0.15, -0.1) is 0 Å². The van der Waals surface area contributed by atoms with Crippen LogP contribution in [0.2, 0.25) is 0 Å². The number of hydrogen-bond donors (Lipinski definition) is 2. The monoisotopic (exact) mass is 428 g/mol. The Morgan fingerprint density at radius 1 is 1.00 bits per heavy atom. The summed E-state index contributed by atoms with van der Waals surface area (Å²) in [6.45, 7) is 9.08. The van der Waals surface area contributed by atoms with Crippen LogP contribution in [0.3, 0.4) is 0 Å². The van der Waals surface area contributed by atoms with Crippen LogP contribution in [0.1, 0.15) is 66.7 Å². The minimum atomic E-state index is -0.270. The Morgan fingerprint density at radius 3 is 2.50 bits per heavy atom. The minimum absolute atomic E-state index is 0.124. The number of nitrogen functional groups attached to an aromatic ring is 1. The summed E-state index contributed by atoms with van der Waals surface area (Å²) in [5.74, 6) is 0.124. The minimum Gasteiger partial charge on any atom is -0.399 e. The Hall–Kier alpha value is -2.79. The molecule has 3 heterocycles. The number of ketones is 1. The molecule has 3 aliphatic rings. The van der Waals surface area contributed by atoms with E-state index in [0.29, 0.717) is 5.69 Å². The van der Waals surface area contributed by atoms with Gasteiger partial charge in [0.25, 0.3) is 0 Å². The third-order valence-electron chi connectivity index (χ3n) is 8.08. The molecule has 0 saturated carbocycles. The fraction of sp³-hybridized carbons (Fsp3) is 0.444. The van der Waals surface area contributed by atoms with Crippen molar-refractivity contribution in [2.24, 2.45) is 0 Å². The van der Waals surface area contributed by atoms with Crippen molar-refractivity contribution in [3.8, 4) is 0 Å². The molecule has 3 aromatic rings.